The highest BCUT2D eigenvalue weighted by molar-refractivity contribution is 6.34. The van der Waals surface area contributed by atoms with Crippen LogP contribution in [0, 0.1) is 21.4 Å². The number of carbonyl (C=O) groups is 1. The first kappa shape index (κ1) is 15.1. The Balaban J connectivity index is 2.33. The van der Waals surface area contributed by atoms with Crippen LogP contribution in [-0.4, -0.2) is 28.3 Å². The van der Waals surface area contributed by atoms with Gasteiger partial charge in [-0.15, -0.1) is 0 Å². The van der Waals surface area contributed by atoms with Crippen molar-refractivity contribution in [2.75, 3.05) is 12.3 Å². The number of hydrogen-bond acceptors (Lipinski definition) is 5. The summed E-state index contributed by atoms with van der Waals surface area (Å²) in [4.78, 5) is 24.3. The summed E-state index contributed by atoms with van der Waals surface area (Å²) >= 11 is 5.86. The lowest BCUT2D eigenvalue weighted by Gasteiger charge is -2.21. The highest BCUT2D eigenvalue weighted by Gasteiger charge is 2.33. The molecule has 1 fully saturated rings. The van der Waals surface area contributed by atoms with E-state index in [1.807, 2.05) is 6.07 Å². The molecule has 110 valence electrons. The minimum absolute atomic E-state index is 0.0245. The first-order valence-electron chi connectivity index (χ1n) is 6.37. The van der Waals surface area contributed by atoms with Crippen molar-refractivity contribution in [2.45, 2.75) is 25.3 Å². The molecule has 2 rings (SSSR count). The van der Waals surface area contributed by atoms with Crippen molar-refractivity contribution in [1.29, 1.82) is 5.26 Å². The van der Waals surface area contributed by atoms with Crippen LogP contribution in [-0.2, 0) is 0 Å². The van der Waals surface area contributed by atoms with Gasteiger partial charge in [-0.1, -0.05) is 11.6 Å². The minimum atomic E-state index is -0.672. The Labute approximate surface area is 126 Å². The molecule has 0 atom stereocenters. The number of nitro benzene ring substituents is 1. The van der Waals surface area contributed by atoms with Crippen LogP contribution < -0.4 is 5.73 Å². The zero-order valence-electron chi connectivity index (χ0n) is 11.1. The lowest BCUT2D eigenvalue weighted by molar-refractivity contribution is -0.383. The van der Waals surface area contributed by atoms with Gasteiger partial charge in [0, 0.05) is 24.2 Å². The van der Waals surface area contributed by atoms with Gasteiger partial charge in [0.1, 0.15) is 5.69 Å². The molecule has 0 radical (unpaired) electrons. The second kappa shape index (κ2) is 5.97. The standard InChI is InChI=1S/C13H13ClN4O3/c14-10-6-8(7-11(12(10)16)18(20)21)13(19)17(5-1-4-15)9-2-3-9/h6-7,9H,1-3,5,16H2. The number of benzene rings is 1. The molecule has 0 spiro atoms. The van der Waals surface area contributed by atoms with Crippen LogP contribution in [0.1, 0.15) is 29.6 Å². The summed E-state index contributed by atoms with van der Waals surface area (Å²) < 4.78 is 0. The van der Waals surface area contributed by atoms with Crippen molar-refractivity contribution in [2.24, 2.45) is 0 Å². The summed E-state index contributed by atoms with van der Waals surface area (Å²) in [6, 6.07) is 4.55. The first-order chi connectivity index (χ1) is 9.95. The molecule has 8 heteroatoms. The molecule has 2 N–H and O–H groups in total. The summed E-state index contributed by atoms with van der Waals surface area (Å²) in [6.45, 7) is 0.301. The summed E-state index contributed by atoms with van der Waals surface area (Å²) in [5.74, 6) is -0.363. The number of hydrogen-bond donors (Lipinski definition) is 1. The highest BCUT2D eigenvalue weighted by Crippen LogP contribution is 2.33. The zero-order chi connectivity index (χ0) is 15.6. The maximum Gasteiger partial charge on any atom is 0.294 e. The third-order valence-electron chi connectivity index (χ3n) is 3.26. The Hall–Kier alpha value is -2.33. The van der Waals surface area contributed by atoms with Gasteiger partial charge in [-0.3, -0.25) is 14.9 Å². The number of carbonyl (C=O) groups excluding carboxylic acids is 1. The molecule has 1 amide bonds. The van der Waals surface area contributed by atoms with Gasteiger partial charge in [0.2, 0.25) is 0 Å². The Bertz CT molecular complexity index is 637. The van der Waals surface area contributed by atoms with Crippen LogP contribution in [0.2, 0.25) is 5.02 Å². The predicted octanol–water partition coefficient (Wildman–Crippen LogP) is 2.35. The molecular weight excluding hydrogens is 296 g/mol. The van der Waals surface area contributed by atoms with E-state index in [1.165, 1.54) is 6.07 Å². The lowest BCUT2D eigenvalue weighted by Crippen LogP contribution is -2.34. The van der Waals surface area contributed by atoms with Crippen molar-refractivity contribution < 1.29 is 9.72 Å². The van der Waals surface area contributed by atoms with E-state index in [4.69, 9.17) is 22.6 Å². The van der Waals surface area contributed by atoms with Crippen LogP contribution in [0.4, 0.5) is 11.4 Å². The number of nitrogen functional groups attached to an aromatic ring is 1. The summed E-state index contributed by atoms with van der Waals surface area (Å²) in [6.07, 6.45) is 1.97. The van der Waals surface area contributed by atoms with E-state index in [9.17, 15) is 14.9 Å². The van der Waals surface area contributed by atoms with Gasteiger partial charge in [0.05, 0.1) is 22.4 Å². The number of nitriles is 1. The topological polar surface area (TPSA) is 113 Å². The molecule has 0 heterocycles. The van der Waals surface area contributed by atoms with Crippen LogP contribution in [0.15, 0.2) is 12.1 Å². The number of anilines is 1. The Morgan fingerprint density at radius 1 is 1.57 bits per heavy atom. The summed E-state index contributed by atoms with van der Waals surface area (Å²) in [7, 11) is 0. The molecule has 0 bridgehead atoms. The molecule has 1 aromatic rings. The molecule has 21 heavy (non-hydrogen) atoms. The third kappa shape index (κ3) is 3.23. The minimum Gasteiger partial charge on any atom is -0.392 e. The predicted molar refractivity (Wildman–Crippen MR) is 76.8 cm³/mol. The normalized spacial score (nSPS) is 13.5. The van der Waals surface area contributed by atoms with E-state index in [0.717, 1.165) is 18.9 Å². The SMILES string of the molecule is N#CCCN(C(=O)c1cc(Cl)c(N)c([N+](=O)[O-])c1)C1CC1. The Morgan fingerprint density at radius 2 is 2.24 bits per heavy atom. The number of rotatable bonds is 5. The number of amides is 1. The van der Waals surface area contributed by atoms with E-state index >= 15 is 0 Å². The van der Waals surface area contributed by atoms with Crippen LogP contribution >= 0.6 is 11.6 Å². The second-order valence-electron chi connectivity index (χ2n) is 4.79. The van der Waals surface area contributed by atoms with Crippen LogP contribution in [0.3, 0.4) is 0 Å². The number of nitro groups is 1. The van der Waals surface area contributed by atoms with E-state index in [-0.39, 0.29) is 40.3 Å². The molecule has 1 saturated carbocycles. The molecule has 0 aromatic heterocycles. The van der Waals surface area contributed by atoms with Gasteiger partial charge in [0.25, 0.3) is 11.6 Å². The fraction of sp³-hybridized carbons (Fsp3) is 0.385. The molecule has 0 aliphatic heterocycles. The molecule has 7 nitrogen and oxygen atoms in total. The van der Waals surface area contributed by atoms with Crippen molar-refractivity contribution in [3.05, 3.63) is 32.8 Å². The number of nitrogens with two attached hydrogens (primary N) is 1. The quantitative estimate of drug-likeness (QED) is 0.509. The van der Waals surface area contributed by atoms with Crippen molar-refractivity contribution in [3.63, 3.8) is 0 Å². The average Bonchev–Trinajstić information content (AvgIpc) is 3.26. The summed E-state index contributed by atoms with van der Waals surface area (Å²) in [5, 5.41) is 19.6. The number of nitrogens with zero attached hydrogens (tertiary/aromatic N) is 3. The monoisotopic (exact) mass is 308 g/mol. The average molecular weight is 309 g/mol. The van der Waals surface area contributed by atoms with E-state index in [0.29, 0.717) is 6.54 Å². The molecule has 1 aliphatic rings. The number of halogens is 1. The fourth-order valence-corrected chi connectivity index (χ4v) is 2.26. The molecule has 0 saturated heterocycles. The largest absolute Gasteiger partial charge is 0.392 e. The molecule has 1 aliphatic carbocycles. The van der Waals surface area contributed by atoms with Crippen molar-refractivity contribution in [3.8, 4) is 6.07 Å². The van der Waals surface area contributed by atoms with Crippen molar-refractivity contribution in [1.82, 2.24) is 4.90 Å². The van der Waals surface area contributed by atoms with Crippen LogP contribution in [0.5, 0.6) is 0 Å². The van der Waals surface area contributed by atoms with Gasteiger partial charge < -0.3 is 10.6 Å². The molecule has 1 aromatic carbocycles. The zero-order valence-corrected chi connectivity index (χ0v) is 11.8. The first-order valence-corrected chi connectivity index (χ1v) is 6.74. The highest BCUT2D eigenvalue weighted by atomic mass is 35.5. The van der Waals surface area contributed by atoms with E-state index < -0.39 is 4.92 Å². The Morgan fingerprint density at radius 3 is 2.76 bits per heavy atom. The maximum absolute atomic E-state index is 12.5. The smallest absolute Gasteiger partial charge is 0.294 e. The van der Waals surface area contributed by atoms with Gasteiger partial charge in [-0.25, -0.2) is 0 Å². The lowest BCUT2D eigenvalue weighted by atomic mass is 10.1. The maximum atomic E-state index is 12.5. The van der Waals surface area contributed by atoms with Gasteiger partial charge in [0.15, 0.2) is 0 Å². The van der Waals surface area contributed by atoms with E-state index in [2.05, 4.69) is 0 Å². The van der Waals surface area contributed by atoms with Crippen molar-refractivity contribution >= 4 is 28.9 Å². The molecule has 0 unspecified atom stereocenters. The third-order valence-corrected chi connectivity index (χ3v) is 3.58. The summed E-state index contributed by atoms with van der Waals surface area (Å²) in [5.41, 5.74) is 5.11. The van der Waals surface area contributed by atoms with Gasteiger partial charge in [-0.2, -0.15) is 5.26 Å². The Kier molecular flexibility index (Phi) is 4.29. The van der Waals surface area contributed by atoms with E-state index in [1.54, 1.807) is 4.90 Å². The van der Waals surface area contributed by atoms with Crippen LogP contribution in [0.25, 0.3) is 0 Å². The fourth-order valence-electron chi connectivity index (χ4n) is 2.05. The molecular formula is C13H13ClN4O3. The van der Waals surface area contributed by atoms with Gasteiger partial charge in [-0.05, 0) is 18.9 Å². The van der Waals surface area contributed by atoms with Gasteiger partial charge >= 0.3 is 0 Å². The second-order valence-corrected chi connectivity index (χ2v) is 5.19.